The molecule has 0 spiro atoms. The Morgan fingerprint density at radius 3 is 2.87 bits per heavy atom. The number of halogens is 1. The summed E-state index contributed by atoms with van der Waals surface area (Å²) in [6.45, 7) is 6.02. The van der Waals surface area contributed by atoms with Crippen LogP contribution in [0.25, 0.3) is 21.0 Å². The molecule has 1 saturated heterocycles. The number of ether oxygens (including phenoxy) is 2. The van der Waals surface area contributed by atoms with Gasteiger partial charge < -0.3 is 14.8 Å². The lowest BCUT2D eigenvalue weighted by atomic mass is 10.1. The fourth-order valence-electron chi connectivity index (χ4n) is 3.29. The first-order valence-corrected chi connectivity index (χ1v) is 10.4. The van der Waals surface area contributed by atoms with E-state index in [4.69, 9.17) is 9.47 Å². The zero-order chi connectivity index (χ0) is 21.5. The predicted octanol–water partition coefficient (Wildman–Crippen LogP) is 4.16. The maximum Gasteiger partial charge on any atom is 0.411 e. The fraction of sp³-hybridized carbons (Fsp3) is 0.381. The van der Waals surface area contributed by atoms with E-state index in [9.17, 15) is 14.0 Å². The van der Waals surface area contributed by atoms with Gasteiger partial charge in [-0.15, -0.1) is 0 Å². The van der Waals surface area contributed by atoms with Crippen molar-refractivity contribution in [2.75, 3.05) is 25.1 Å². The average Bonchev–Trinajstić information content (AvgIpc) is 3.09. The largest absolute Gasteiger partial charge is 0.444 e. The van der Waals surface area contributed by atoms with Gasteiger partial charge in [-0.05, 0) is 50.4 Å². The van der Waals surface area contributed by atoms with Crippen molar-refractivity contribution in [3.8, 4) is 0 Å². The number of thiazole rings is 1. The molecule has 1 atom stereocenters. The molecule has 1 aliphatic heterocycles. The van der Waals surface area contributed by atoms with E-state index >= 15 is 0 Å². The van der Waals surface area contributed by atoms with Crippen LogP contribution < -0.4 is 5.32 Å². The van der Waals surface area contributed by atoms with Crippen LogP contribution in [-0.4, -0.2) is 53.3 Å². The van der Waals surface area contributed by atoms with Crippen LogP contribution in [0.3, 0.4) is 0 Å². The van der Waals surface area contributed by atoms with Gasteiger partial charge in [0.1, 0.15) is 17.5 Å². The zero-order valence-corrected chi connectivity index (χ0v) is 17.7. The zero-order valence-electron chi connectivity index (χ0n) is 16.9. The second kappa shape index (κ2) is 7.81. The number of nitrogens with zero attached hydrogens (tertiary/aromatic N) is 2. The summed E-state index contributed by atoms with van der Waals surface area (Å²) in [4.78, 5) is 31.3. The van der Waals surface area contributed by atoms with Crippen LogP contribution in [0.5, 0.6) is 0 Å². The minimum Gasteiger partial charge on any atom is -0.444 e. The van der Waals surface area contributed by atoms with Gasteiger partial charge in [0.25, 0.3) is 5.91 Å². The van der Waals surface area contributed by atoms with Crippen molar-refractivity contribution < 1.29 is 23.5 Å². The molecule has 30 heavy (non-hydrogen) atoms. The van der Waals surface area contributed by atoms with Crippen LogP contribution in [0.4, 0.5) is 14.3 Å². The van der Waals surface area contributed by atoms with Crippen molar-refractivity contribution in [3.05, 3.63) is 36.1 Å². The molecule has 0 saturated carbocycles. The third-order valence-electron chi connectivity index (χ3n) is 4.62. The summed E-state index contributed by atoms with van der Waals surface area (Å²) >= 11 is 1.30. The van der Waals surface area contributed by atoms with Gasteiger partial charge >= 0.3 is 6.09 Å². The summed E-state index contributed by atoms with van der Waals surface area (Å²) < 4.78 is 25.2. The molecule has 2 aromatic carbocycles. The number of hydrogen-bond acceptors (Lipinski definition) is 6. The van der Waals surface area contributed by atoms with Gasteiger partial charge in [0.05, 0.1) is 23.4 Å². The Morgan fingerprint density at radius 2 is 2.10 bits per heavy atom. The second-order valence-corrected chi connectivity index (χ2v) is 9.05. The van der Waals surface area contributed by atoms with Crippen molar-refractivity contribution >= 4 is 49.5 Å². The van der Waals surface area contributed by atoms with Gasteiger partial charge in [-0.3, -0.25) is 9.69 Å². The van der Waals surface area contributed by atoms with Gasteiger partial charge in [0, 0.05) is 11.9 Å². The van der Waals surface area contributed by atoms with Crippen molar-refractivity contribution in [2.45, 2.75) is 32.4 Å². The molecule has 7 nitrogen and oxygen atoms in total. The van der Waals surface area contributed by atoms with Crippen LogP contribution in [-0.2, 0) is 14.3 Å². The Bertz CT molecular complexity index is 1120. The van der Waals surface area contributed by atoms with E-state index in [1.807, 2.05) is 0 Å². The quantitative estimate of drug-likeness (QED) is 0.659. The molecule has 3 aromatic rings. The molecule has 0 unspecified atom stereocenters. The Labute approximate surface area is 176 Å². The molecule has 2 heterocycles. The van der Waals surface area contributed by atoms with Crippen LogP contribution in [0.2, 0.25) is 0 Å². The molecule has 1 aromatic heterocycles. The van der Waals surface area contributed by atoms with Crippen LogP contribution in [0.15, 0.2) is 30.3 Å². The monoisotopic (exact) mass is 431 g/mol. The summed E-state index contributed by atoms with van der Waals surface area (Å²) in [6, 6.07) is 7.34. The number of morpholine rings is 1. The van der Waals surface area contributed by atoms with Gasteiger partial charge in [0.15, 0.2) is 5.13 Å². The number of carbonyl (C=O) groups excluding carboxylic acids is 2. The van der Waals surface area contributed by atoms with Crippen molar-refractivity contribution in [1.82, 2.24) is 9.88 Å². The predicted molar refractivity (Wildman–Crippen MR) is 113 cm³/mol. The molecule has 1 fully saturated rings. The number of benzene rings is 2. The molecule has 9 heteroatoms. The molecule has 1 aliphatic rings. The van der Waals surface area contributed by atoms with Crippen LogP contribution >= 0.6 is 11.3 Å². The fourth-order valence-corrected chi connectivity index (χ4v) is 4.29. The van der Waals surface area contributed by atoms with E-state index in [1.165, 1.54) is 28.4 Å². The van der Waals surface area contributed by atoms with E-state index in [2.05, 4.69) is 10.3 Å². The van der Waals surface area contributed by atoms with Gasteiger partial charge in [-0.25, -0.2) is 14.2 Å². The first-order chi connectivity index (χ1) is 14.2. The lowest BCUT2D eigenvalue weighted by molar-refractivity contribution is -0.127. The SMILES string of the molecule is CC(C)(C)OC(=O)N1CCOC[C@@H]1C(=O)Nc1nc2ccc3cc(F)ccc3c2s1. The highest BCUT2D eigenvalue weighted by Crippen LogP contribution is 2.33. The van der Waals surface area contributed by atoms with Crippen LogP contribution in [0, 0.1) is 5.82 Å². The number of rotatable bonds is 2. The highest BCUT2D eigenvalue weighted by atomic mass is 32.1. The number of anilines is 1. The Hall–Kier alpha value is -2.78. The number of hydrogen-bond donors (Lipinski definition) is 1. The van der Waals surface area contributed by atoms with E-state index in [-0.39, 0.29) is 19.0 Å². The van der Waals surface area contributed by atoms with Crippen LogP contribution in [0.1, 0.15) is 20.8 Å². The topological polar surface area (TPSA) is 80.8 Å². The van der Waals surface area contributed by atoms with E-state index < -0.39 is 23.6 Å². The van der Waals surface area contributed by atoms with Crippen molar-refractivity contribution in [2.24, 2.45) is 0 Å². The molecular formula is C21H22FN3O4S. The maximum absolute atomic E-state index is 13.5. The third-order valence-corrected chi connectivity index (χ3v) is 5.64. The summed E-state index contributed by atoms with van der Waals surface area (Å²) in [6.07, 6.45) is -0.553. The molecule has 4 rings (SSSR count). The van der Waals surface area contributed by atoms with Crippen molar-refractivity contribution in [3.63, 3.8) is 0 Å². The second-order valence-electron chi connectivity index (χ2n) is 8.05. The first-order valence-electron chi connectivity index (χ1n) is 9.58. The van der Waals surface area contributed by atoms with Crippen molar-refractivity contribution in [1.29, 1.82) is 0 Å². The Morgan fingerprint density at radius 1 is 1.30 bits per heavy atom. The van der Waals surface area contributed by atoms with E-state index in [0.29, 0.717) is 17.3 Å². The number of carbonyl (C=O) groups is 2. The summed E-state index contributed by atoms with van der Waals surface area (Å²) in [7, 11) is 0. The maximum atomic E-state index is 13.5. The standard InChI is InChI=1S/C21H22FN3O4S/c1-21(2,3)29-20(27)25-8-9-28-11-16(25)18(26)24-19-23-15-7-4-12-10-13(22)5-6-14(12)17(15)30-19/h4-7,10,16H,8-9,11H2,1-3H3,(H,23,24,26)/t16-/m1/s1. The summed E-state index contributed by atoms with van der Waals surface area (Å²) in [5, 5.41) is 4.82. The number of nitrogens with one attached hydrogen (secondary N) is 1. The summed E-state index contributed by atoms with van der Waals surface area (Å²) in [5.74, 6) is -0.700. The molecule has 2 amide bonds. The van der Waals surface area contributed by atoms with E-state index in [1.54, 1.807) is 39.0 Å². The Kier molecular flexibility index (Phi) is 5.33. The molecule has 158 valence electrons. The molecule has 1 N–H and O–H groups in total. The number of fused-ring (bicyclic) bond motifs is 3. The minimum absolute atomic E-state index is 0.0815. The first kappa shape index (κ1) is 20.5. The smallest absolute Gasteiger partial charge is 0.411 e. The number of aromatic nitrogens is 1. The molecule has 0 aliphatic carbocycles. The van der Waals surface area contributed by atoms with Gasteiger partial charge in [-0.1, -0.05) is 17.4 Å². The molecular weight excluding hydrogens is 409 g/mol. The third kappa shape index (κ3) is 4.22. The van der Waals surface area contributed by atoms with E-state index in [0.717, 1.165) is 15.5 Å². The normalized spacial score (nSPS) is 17.3. The number of amides is 2. The highest BCUT2D eigenvalue weighted by molar-refractivity contribution is 7.23. The molecule has 0 radical (unpaired) electrons. The highest BCUT2D eigenvalue weighted by Gasteiger charge is 2.36. The minimum atomic E-state index is -0.813. The van der Waals surface area contributed by atoms with Gasteiger partial charge in [0.2, 0.25) is 0 Å². The lowest BCUT2D eigenvalue weighted by Gasteiger charge is -2.35. The molecule has 0 bridgehead atoms. The average molecular weight is 431 g/mol. The summed E-state index contributed by atoms with van der Waals surface area (Å²) in [5.41, 5.74) is 0.0440. The lowest BCUT2D eigenvalue weighted by Crippen LogP contribution is -2.55. The Balaban J connectivity index is 1.57. The van der Waals surface area contributed by atoms with Gasteiger partial charge in [-0.2, -0.15) is 0 Å².